The van der Waals surface area contributed by atoms with Crippen LogP contribution in [0.15, 0.2) is 0 Å². The van der Waals surface area contributed by atoms with Gasteiger partial charge in [-0.05, 0) is 43.9 Å². The fraction of sp³-hybridized carbons (Fsp3) is 0.941. The Morgan fingerprint density at radius 3 is 2.50 bits per heavy atom. The van der Waals surface area contributed by atoms with Crippen LogP contribution in [0.25, 0.3) is 0 Å². The van der Waals surface area contributed by atoms with Gasteiger partial charge < -0.3 is 10.2 Å². The van der Waals surface area contributed by atoms with Gasteiger partial charge in [0.25, 0.3) is 0 Å². The van der Waals surface area contributed by atoms with Gasteiger partial charge in [-0.2, -0.15) is 0 Å². The fourth-order valence-electron chi connectivity index (χ4n) is 4.79. The van der Waals surface area contributed by atoms with Gasteiger partial charge in [0, 0.05) is 19.1 Å². The molecule has 0 aromatic rings. The minimum absolute atomic E-state index is 0.0993. The van der Waals surface area contributed by atoms with Gasteiger partial charge in [-0.1, -0.05) is 32.6 Å². The molecule has 2 aliphatic carbocycles. The highest BCUT2D eigenvalue weighted by atomic mass is 16.2. The number of hydrogen-bond donors (Lipinski definition) is 1. The SMILES string of the molecule is CC1CCCCC1N(C)C(=O)C1CC2CCCCC2N1. The first kappa shape index (κ1) is 14.4. The zero-order chi connectivity index (χ0) is 14.1. The Bertz CT molecular complexity index is 343. The summed E-state index contributed by atoms with van der Waals surface area (Å²) >= 11 is 0. The van der Waals surface area contributed by atoms with E-state index < -0.39 is 0 Å². The lowest BCUT2D eigenvalue weighted by molar-refractivity contribution is -0.135. The monoisotopic (exact) mass is 278 g/mol. The van der Waals surface area contributed by atoms with Crippen LogP contribution in [0.1, 0.15) is 64.7 Å². The molecule has 20 heavy (non-hydrogen) atoms. The van der Waals surface area contributed by atoms with Crippen molar-refractivity contribution in [1.82, 2.24) is 10.2 Å². The molecular weight excluding hydrogens is 248 g/mol. The number of nitrogens with zero attached hydrogens (tertiary/aromatic N) is 1. The van der Waals surface area contributed by atoms with E-state index >= 15 is 0 Å². The molecule has 0 spiro atoms. The number of rotatable bonds is 2. The predicted molar refractivity (Wildman–Crippen MR) is 81.5 cm³/mol. The van der Waals surface area contributed by atoms with E-state index in [1.807, 2.05) is 7.05 Å². The molecule has 3 rings (SSSR count). The van der Waals surface area contributed by atoms with Crippen LogP contribution < -0.4 is 5.32 Å². The molecular formula is C17H30N2O. The summed E-state index contributed by atoms with van der Waals surface area (Å²) in [5.74, 6) is 1.79. The lowest BCUT2D eigenvalue weighted by Crippen LogP contribution is -2.50. The number of hydrogen-bond acceptors (Lipinski definition) is 2. The Morgan fingerprint density at radius 2 is 1.75 bits per heavy atom. The lowest BCUT2D eigenvalue weighted by atomic mass is 9.84. The number of amides is 1. The topological polar surface area (TPSA) is 32.3 Å². The summed E-state index contributed by atoms with van der Waals surface area (Å²) in [5, 5.41) is 3.64. The number of nitrogens with one attached hydrogen (secondary N) is 1. The summed E-state index contributed by atoms with van der Waals surface area (Å²) in [7, 11) is 2.04. The Labute approximate surface area is 123 Å². The number of carbonyl (C=O) groups excluding carboxylic acids is 1. The quantitative estimate of drug-likeness (QED) is 0.842. The largest absolute Gasteiger partial charge is 0.341 e. The summed E-state index contributed by atoms with van der Waals surface area (Å²) in [4.78, 5) is 14.9. The normalized spacial score (nSPS) is 41.2. The molecule has 3 fully saturated rings. The van der Waals surface area contributed by atoms with Crippen molar-refractivity contribution in [3.05, 3.63) is 0 Å². The van der Waals surface area contributed by atoms with E-state index in [0.717, 1.165) is 12.3 Å². The first-order valence-corrected chi connectivity index (χ1v) is 8.69. The third-order valence-electron chi connectivity index (χ3n) is 6.07. The summed E-state index contributed by atoms with van der Waals surface area (Å²) in [6.45, 7) is 2.31. The number of fused-ring (bicyclic) bond motifs is 1. The molecule has 0 bridgehead atoms. The predicted octanol–water partition coefficient (Wildman–Crippen LogP) is 2.94. The fourth-order valence-corrected chi connectivity index (χ4v) is 4.79. The second-order valence-corrected chi connectivity index (χ2v) is 7.38. The smallest absolute Gasteiger partial charge is 0.239 e. The van der Waals surface area contributed by atoms with Gasteiger partial charge in [0.2, 0.25) is 5.91 Å². The van der Waals surface area contributed by atoms with Gasteiger partial charge in [0.15, 0.2) is 0 Å². The molecule has 3 heteroatoms. The van der Waals surface area contributed by atoms with Gasteiger partial charge >= 0.3 is 0 Å². The van der Waals surface area contributed by atoms with Gasteiger partial charge in [-0.3, -0.25) is 4.79 Å². The lowest BCUT2D eigenvalue weighted by Gasteiger charge is -2.37. The van der Waals surface area contributed by atoms with Crippen molar-refractivity contribution < 1.29 is 4.79 Å². The van der Waals surface area contributed by atoms with Crippen molar-refractivity contribution in [3.8, 4) is 0 Å². The molecule has 3 nitrogen and oxygen atoms in total. The van der Waals surface area contributed by atoms with Crippen LogP contribution in [0.2, 0.25) is 0 Å². The highest BCUT2D eigenvalue weighted by Crippen LogP contribution is 2.34. The van der Waals surface area contributed by atoms with Crippen molar-refractivity contribution in [3.63, 3.8) is 0 Å². The average Bonchev–Trinajstić information content (AvgIpc) is 2.90. The molecule has 0 aromatic carbocycles. The minimum atomic E-state index is 0.0993. The number of likely N-dealkylation sites (N-methyl/N-ethyl adjacent to an activating group) is 1. The highest BCUT2D eigenvalue weighted by Gasteiger charge is 2.40. The summed E-state index contributed by atoms with van der Waals surface area (Å²) in [6, 6.07) is 1.19. The molecule has 1 aliphatic heterocycles. The molecule has 1 amide bonds. The van der Waals surface area contributed by atoms with E-state index in [-0.39, 0.29) is 6.04 Å². The van der Waals surface area contributed by atoms with Gasteiger partial charge in [-0.15, -0.1) is 0 Å². The van der Waals surface area contributed by atoms with E-state index in [9.17, 15) is 4.79 Å². The molecule has 2 saturated carbocycles. The second-order valence-electron chi connectivity index (χ2n) is 7.38. The third kappa shape index (κ3) is 2.74. The first-order valence-electron chi connectivity index (χ1n) is 8.69. The van der Waals surface area contributed by atoms with E-state index in [0.29, 0.717) is 23.9 Å². The molecule has 0 radical (unpaired) electrons. The van der Waals surface area contributed by atoms with Crippen molar-refractivity contribution in [2.75, 3.05) is 7.05 Å². The summed E-state index contributed by atoms with van der Waals surface area (Å²) < 4.78 is 0. The van der Waals surface area contributed by atoms with Crippen LogP contribution in [0, 0.1) is 11.8 Å². The molecule has 114 valence electrons. The van der Waals surface area contributed by atoms with E-state index in [1.54, 1.807) is 0 Å². The van der Waals surface area contributed by atoms with Crippen LogP contribution in [0.5, 0.6) is 0 Å². The van der Waals surface area contributed by atoms with E-state index in [4.69, 9.17) is 0 Å². The zero-order valence-electron chi connectivity index (χ0n) is 13.1. The Balaban J connectivity index is 1.60. The van der Waals surface area contributed by atoms with Gasteiger partial charge in [-0.25, -0.2) is 0 Å². The van der Waals surface area contributed by atoms with Crippen LogP contribution in [0.4, 0.5) is 0 Å². The second kappa shape index (κ2) is 6.05. The molecule has 1 saturated heterocycles. The van der Waals surface area contributed by atoms with Crippen LogP contribution >= 0.6 is 0 Å². The first-order chi connectivity index (χ1) is 9.66. The Hall–Kier alpha value is -0.570. The minimum Gasteiger partial charge on any atom is -0.341 e. The molecule has 5 unspecified atom stereocenters. The molecule has 5 atom stereocenters. The Kier molecular flexibility index (Phi) is 4.34. The maximum absolute atomic E-state index is 12.8. The number of carbonyl (C=O) groups is 1. The van der Waals surface area contributed by atoms with Crippen molar-refractivity contribution in [1.29, 1.82) is 0 Å². The zero-order valence-corrected chi connectivity index (χ0v) is 13.1. The van der Waals surface area contributed by atoms with Crippen LogP contribution in [-0.4, -0.2) is 36.0 Å². The molecule has 0 aromatic heterocycles. The Morgan fingerprint density at radius 1 is 1.05 bits per heavy atom. The molecule has 3 aliphatic rings. The summed E-state index contributed by atoms with van der Waals surface area (Å²) in [6.07, 6.45) is 11.5. The average molecular weight is 278 g/mol. The third-order valence-corrected chi connectivity index (χ3v) is 6.07. The maximum Gasteiger partial charge on any atom is 0.239 e. The maximum atomic E-state index is 12.8. The molecule has 1 N–H and O–H groups in total. The van der Waals surface area contributed by atoms with Crippen LogP contribution in [0.3, 0.4) is 0 Å². The van der Waals surface area contributed by atoms with Gasteiger partial charge in [0.05, 0.1) is 6.04 Å². The van der Waals surface area contributed by atoms with E-state index in [1.165, 1.54) is 51.4 Å². The van der Waals surface area contributed by atoms with Crippen molar-refractivity contribution in [2.24, 2.45) is 11.8 Å². The van der Waals surface area contributed by atoms with Crippen LogP contribution in [-0.2, 0) is 4.79 Å². The highest BCUT2D eigenvalue weighted by molar-refractivity contribution is 5.82. The van der Waals surface area contributed by atoms with Crippen molar-refractivity contribution >= 4 is 5.91 Å². The van der Waals surface area contributed by atoms with E-state index in [2.05, 4.69) is 17.1 Å². The van der Waals surface area contributed by atoms with Gasteiger partial charge in [0.1, 0.15) is 0 Å². The summed E-state index contributed by atoms with van der Waals surface area (Å²) in [5.41, 5.74) is 0. The molecule has 1 heterocycles. The van der Waals surface area contributed by atoms with Crippen molar-refractivity contribution in [2.45, 2.75) is 82.8 Å². The standard InChI is InChI=1S/C17H30N2O/c1-12-7-3-6-10-16(12)19(2)17(20)15-11-13-8-4-5-9-14(13)18-15/h12-16,18H,3-11H2,1-2H3.